The summed E-state index contributed by atoms with van der Waals surface area (Å²) in [6, 6.07) is 10.3. The van der Waals surface area contributed by atoms with Crippen molar-refractivity contribution in [1.29, 1.82) is 0 Å². The van der Waals surface area contributed by atoms with Crippen LogP contribution in [-0.2, 0) is 14.3 Å². The first-order valence-electron chi connectivity index (χ1n) is 6.93. The fourth-order valence-electron chi connectivity index (χ4n) is 1.93. The number of carbonyl (C=O) groups excluding carboxylic acids is 1. The third-order valence-corrected chi connectivity index (χ3v) is 3.05. The number of esters is 1. The lowest BCUT2D eigenvalue weighted by Crippen LogP contribution is -2.06. The molecule has 0 atom stereocenters. The topological polar surface area (TPSA) is 66.9 Å². The first kappa shape index (κ1) is 17.6. The van der Waals surface area contributed by atoms with Crippen molar-refractivity contribution in [2.24, 2.45) is 0 Å². The molecule has 0 radical (unpaired) electrons. The summed E-state index contributed by atoms with van der Waals surface area (Å²) in [4.78, 5) is 16.1. The van der Waals surface area contributed by atoms with Gasteiger partial charge in [0.15, 0.2) is 6.07 Å². The normalized spacial score (nSPS) is 10.9. The van der Waals surface area contributed by atoms with Gasteiger partial charge in [0.25, 0.3) is 0 Å². The van der Waals surface area contributed by atoms with E-state index in [1.807, 2.05) is 0 Å². The number of benzene rings is 1. The Balaban J connectivity index is 2.36. The van der Waals surface area contributed by atoms with Gasteiger partial charge < -0.3 is 18.9 Å². The molecule has 1 aromatic carbocycles. The summed E-state index contributed by atoms with van der Waals surface area (Å²) in [5.74, 6) is 0.711. The fourth-order valence-corrected chi connectivity index (χ4v) is 2.05. The lowest BCUT2D eigenvalue weighted by molar-refractivity contribution is -0.133. The number of hydrogen-bond donors (Lipinski definition) is 0. The van der Waals surface area contributed by atoms with Gasteiger partial charge in [0, 0.05) is 12.3 Å². The Bertz CT molecular complexity index is 732. The third-order valence-electron chi connectivity index (χ3n) is 2.94. The Morgan fingerprint density at radius 2 is 2.00 bits per heavy atom. The molecule has 0 N–H and O–H groups in total. The van der Waals surface area contributed by atoms with Crippen molar-refractivity contribution < 1.29 is 23.7 Å². The molecule has 24 heavy (non-hydrogen) atoms. The van der Waals surface area contributed by atoms with E-state index in [2.05, 4.69) is 4.98 Å². The first-order chi connectivity index (χ1) is 11.7. The average Bonchev–Trinajstić information content (AvgIpc) is 2.60. The molecule has 2 rings (SSSR count). The summed E-state index contributed by atoms with van der Waals surface area (Å²) in [7, 11) is 2.72. The van der Waals surface area contributed by atoms with E-state index in [0.29, 0.717) is 17.1 Å². The maximum absolute atomic E-state index is 12.0. The van der Waals surface area contributed by atoms with Crippen molar-refractivity contribution in [3.05, 3.63) is 54.4 Å². The number of rotatable bonds is 7. The van der Waals surface area contributed by atoms with Crippen LogP contribution in [-0.4, -0.2) is 31.2 Å². The van der Waals surface area contributed by atoms with Crippen LogP contribution in [0, 0.1) is 0 Å². The van der Waals surface area contributed by atoms with Crippen molar-refractivity contribution in [3.8, 4) is 17.4 Å². The van der Waals surface area contributed by atoms with Gasteiger partial charge in [-0.3, -0.25) is 0 Å². The average molecular weight is 350 g/mol. The van der Waals surface area contributed by atoms with Gasteiger partial charge in [-0.05, 0) is 24.3 Å². The van der Waals surface area contributed by atoms with Gasteiger partial charge in [-0.15, -0.1) is 0 Å². The van der Waals surface area contributed by atoms with Crippen molar-refractivity contribution in [2.45, 2.75) is 0 Å². The summed E-state index contributed by atoms with van der Waals surface area (Å²) >= 11 is 5.55. The van der Waals surface area contributed by atoms with Gasteiger partial charge in [0.05, 0.1) is 26.0 Å². The Morgan fingerprint density at radius 3 is 2.71 bits per heavy atom. The van der Waals surface area contributed by atoms with Crippen LogP contribution in [0.5, 0.6) is 17.4 Å². The minimum absolute atomic E-state index is 0.0291. The Morgan fingerprint density at radius 1 is 1.21 bits per heavy atom. The smallest absolute Gasteiger partial charge is 0.341 e. The zero-order chi connectivity index (χ0) is 17.4. The quantitative estimate of drug-likeness (QED) is 0.329. The molecule has 1 heterocycles. The second kappa shape index (κ2) is 8.79. The summed E-state index contributed by atoms with van der Waals surface area (Å²) < 4.78 is 20.7. The number of carbonyl (C=O) groups is 1. The number of nitrogens with zero attached hydrogens (tertiary/aromatic N) is 1. The molecule has 0 amide bonds. The van der Waals surface area contributed by atoms with E-state index in [1.54, 1.807) is 42.6 Å². The summed E-state index contributed by atoms with van der Waals surface area (Å²) in [6.07, 6.45) is 2.84. The Hall–Kier alpha value is -2.73. The standard InChI is InChI=1S/C17H16ClNO5/c1-21-10-15(17(20)22-2)14-7-4-8-19-16(14)24-13-6-3-5-12(9-13)23-11-18/h3-10H,11H2,1-2H3. The van der Waals surface area contributed by atoms with E-state index in [-0.39, 0.29) is 17.5 Å². The molecule has 0 aliphatic rings. The zero-order valence-corrected chi connectivity index (χ0v) is 13.9. The van der Waals surface area contributed by atoms with Crippen molar-refractivity contribution in [2.75, 3.05) is 20.3 Å². The van der Waals surface area contributed by atoms with Crippen molar-refractivity contribution in [1.82, 2.24) is 4.98 Å². The Labute approximate surface area is 144 Å². The molecule has 6 nitrogen and oxygen atoms in total. The van der Waals surface area contributed by atoms with Crippen LogP contribution >= 0.6 is 11.6 Å². The lowest BCUT2D eigenvalue weighted by atomic mass is 10.1. The zero-order valence-electron chi connectivity index (χ0n) is 13.2. The molecular weight excluding hydrogens is 334 g/mol. The number of aromatic nitrogens is 1. The van der Waals surface area contributed by atoms with Crippen LogP contribution in [0.25, 0.3) is 5.57 Å². The number of alkyl halides is 1. The van der Waals surface area contributed by atoms with E-state index in [1.165, 1.54) is 20.5 Å². The van der Waals surface area contributed by atoms with Gasteiger partial charge in [-0.1, -0.05) is 17.7 Å². The molecule has 0 saturated carbocycles. The van der Waals surface area contributed by atoms with Crippen molar-refractivity contribution in [3.63, 3.8) is 0 Å². The third kappa shape index (κ3) is 4.39. The number of hydrogen-bond acceptors (Lipinski definition) is 6. The van der Waals surface area contributed by atoms with Crippen molar-refractivity contribution >= 4 is 23.1 Å². The molecule has 0 unspecified atom stereocenters. The fraction of sp³-hybridized carbons (Fsp3) is 0.176. The second-order valence-electron chi connectivity index (χ2n) is 4.45. The predicted molar refractivity (Wildman–Crippen MR) is 89.1 cm³/mol. The predicted octanol–water partition coefficient (Wildman–Crippen LogP) is 3.61. The molecule has 0 aliphatic carbocycles. The molecule has 0 fully saturated rings. The molecule has 1 aromatic heterocycles. The first-order valence-corrected chi connectivity index (χ1v) is 7.46. The van der Waals surface area contributed by atoms with Gasteiger partial charge >= 0.3 is 5.97 Å². The molecule has 0 saturated heterocycles. The lowest BCUT2D eigenvalue weighted by Gasteiger charge is -2.12. The number of halogens is 1. The molecule has 126 valence electrons. The largest absolute Gasteiger partial charge is 0.503 e. The highest BCUT2D eigenvalue weighted by Gasteiger charge is 2.19. The summed E-state index contributed by atoms with van der Waals surface area (Å²) in [6.45, 7) is 0. The summed E-state index contributed by atoms with van der Waals surface area (Å²) in [5, 5.41) is 0. The summed E-state index contributed by atoms with van der Waals surface area (Å²) in [5.41, 5.74) is 0.631. The second-order valence-corrected chi connectivity index (χ2v) is 4.66. The van der Waals surface area contributed by atoms with Crippen LogP contribution in [0.1, 0.15) is 5.56 Å². The minimum Gasteiger partial charge on any atom is -0.503 e. The van der Waals surface area contributed by atoms with E-state index in [0.717, 1.165) is 0 Å². The molecule has 0 bridgehead atoms. The maximum atomic E-state index is 12.0. The van der Waals surface area contributed by atoms with Crippen LogP contribution in [0.3, 0.4) is 0 Å². The van der Waals surface area contributed by atoms with Crippen LogP contribution < -0.4 is 9.47 Å². The molecule has 7 heteroatoms. The molecule has 2 aromatic rings. The SMILES string of the molecule is COC=C(C(=O)OC)c1cccnc1Oc1cccc(OCCl)c1. The van der Waals surface area contributed by atoms with E-state index in [9.17, 15) is 4.79 Å². The highest BCUT2D eigenvalue weighted by molar-refractivity contribution is 6.17. The molecule has 0 spiro atoms. The van der Waals surface area contributed by atoms with Crippen LogP contribution in [0.15, 0.2) is 48.9 Å². The number of methoxy groups -OCH3 is 2. The minimum atomic E-state index is -0.561. The molecular formula is C17H16ClNO5. The monoisotopic (exact) mass is 349 g/mol. The van der Waals surface area contributed by atoms with Crippen LogP contribution in [0.2, 0.25) is 0 Å². The number of pyridine rings is 1. The Kier molecular flexibility index (Phi) is 6.45. The maximum Gasteiger partial charge on any atom is 0.341 e. The highest BCUT2D eigenvalue weighted by atomic mass is 35.5. The van der Waals surface area contributed by atoms with Gasteiger partial charge in [0.1, 0.15) is 17.1 Å². The van der Waals surface area contributed by atoms with E-state index >= 15 is 0 Å². The molecule has 0 aliphatic heterocycles. The van der Waals surface area contributed by atoms with E-state index < -0.39 is 5.97 Å². The van der Waals surface area contributed by atoms with Gasteiger partial charge in [-0.2, -0.15) is 0 Å². The highest BCUT2D eigenvalue weighted by Crippen LogP contribution is 2.30. The number of ether oxygens (including phenoxy) is 4. The van der Waals surface area contributed by atoms with Gasteiger partial charge in [0.2, 0.25) is 5.88 Å². The van der Waals surface area contributed by atoms with Crippen LogP contribution in [0.4, 0.5) is 0 Å². The van der Waals surface area contributed by atoms with Gasteiger partial charge in [-0.25, -0.2) is 9.78 Å². The van der Waals surface area contributed by atoms with E-state index in [4.69, 9.17) is 30.5 Å².